The van der Waals surface area contributed by atoms with Crippen LogP contribution in [0.4, 0.5) is 4.79 Å². The lowest BCUT2D eigenvalue weighted by atomic mass is 9.90. The average Bonchev–Trinajstić information content (AvgIpc) is 2.57. The second-order valence-corrected chi connectivity index (χ2v) is 8.46. The highest BCUT2D eigenvalue weighted by Gasteiger charge is 2.24. The molecule has 0 saturated heterocycles. The summed E-state index contributed by atoms with van der Waals surface area (Å²) in [7, 11) is 0. The fourth-order valence-corrected chi connectivity index (χ4v) is 2.51. The van der Waals surface area contributed by atoms with Crippen molar-refractivity contribution in [1.29, 1.82) is 0 Å². The van der Waals surface area contributed by atoms with Crippen molar-refractivity contribution < 1.29 is 14.3 Å². The standard InChI is InChI=1S/C23H44O3/c1-6-7-8-9-10-11-12-13-14-15-16-17-18-19-20-25-22(24)26-21(2)23(3,4)5/h11-12,21H,6-10,13-20H2,1-5H3/b12-11+. The summed E-state index contributed by atoms with van der Waals surface area (Å²) < 4.78 is 10.4. The van der Waals surface area contributed by atoms with Crippen LogP contribution in [0, 0.1) is 5.41 Å². The van der Waals surface area contributed by atoms with Gasteiger partial charge in [0.2, 0.25) is 0 Å². The first-order chi connectivity index (χ1) is 12.4. The van der Waals surface area contributed by atoms with Gasteiger partial charge in [-0.2, -0.15) is 0 Å². The minimum absolute atomic E-state index is 0.0523. The van der Waals surface area contributed by atoms with Crippen LogP contribution < -0.4 is 0 Å². The van der Waals surface area contributed by atoms with E-state index in [4.69, 9.17) is 9.47 Å². The van der Waals surface area contributed by atoms with Crippen LogP contribution in [-0.2, 0) is 9.47 Å². The van der Waals surface area contributed by atoms with Crippen LogP contribution >= 0.6 is 0 Å². The highest BCUT2D eigenvalue weighted by atomic mass is 16.7. The van der Waals surface area contributed by atoms with E-state index in [1.807, 2.05) is 27.7 Å². The van der Waals surface area contributed by atoms with Gasteiger partial charge in [-0.1, -0.05) is 84.8 Å². The number of carbonyl (C=O) groups is 1. The Bertz CT molecular complexity index is 355. The van der Waals surface area contributed by atoms with Crippen LogP contribution in [0.3, 0.4) is 0 Å². The van der Waals surface area contributed by atoms with E-state index in [-0.39, 0.29) is 11.5 Å². The summed E-state index contributed by atoms with van der Waals surface area (Å²) in [6, 6.07) is 0. The Morgan fingerprint density at radius 1 is 0.846 bits per heavy atom. The van der Waals surface area contributed by atoms with E-state index in [0.29, 0.717) is 6.61 Å². The third-order valence-electron chi connectivity index (χ3n) is 4.87. The van der Waals surface area contributed by atoms with Crippen molar-refractivity contribution in [2.45, 2.75) is 118 Å². The second kappa shape index (κ2) is 16.2. The van der Waals surface area contributed by atoms with Crippen LogP contribution in [0.1, 0.15) is 112 Å². The lowest BCUT2D eigenvalue weighted by molar-refractivity contribution is -0.00897. The Kier molecular flexibility index (Phi) is 15.6. The summed E-state index contributed by atoms with van der Waals surface area (Å²) in [5.74, 6) is 0. The molecule has 3 nitrogen and oxygen atoms in total. The molecule has 0 aromatic rings. The van der Waals surface area contributed by atoms with Gasteiger partial charge in [-0.25, -0.2) is 4.79 Å². The topological polar surface area (TPSA) is 35.5 Å². The molecule has 0 aliphatic rings. The number of ether oxygens (including phenoxy) is 2. The van der Waals surface area contributed by atoms with Gasteiger partial charge in [0.25, 0.3) is 0 Å². The maximum absolute atomic E-state index is 11.6. The third-order valence-corrected chi connectivity index (χ3v) is 4.87. The van der Waals surface area contributed by atoms with Gasteiger partial charge in [0, 0.05) is 0 Å². The summed E-state index contributed by atoms with van der Waals surface area (Å²) in [6.07, 6.45) is 19.0. The fraction of sp³-hybridized carbons (Fsp3) is 0.870. The molecule has 0 fully saturated rings. The van der Waals surface area contributed by atoms with Gasteiger partial charge in [-0.05, 0) is 44.4 Å². The van der Waals surface area contributed by atoms with Crippen molar-refractivity contribution in [2.24, 2.45) is 5.41 Å². The lowest BCUT2D eigenvalue weighted by Gasteiger charge is -2.26. The average molecular weight is 369 g/mol. The summed E-state index contributed by atoms with van der Waals surface area (Å²) >= 11 is 0. The van der Waals surface area contributed by atoms with Crippen molar-refractivity contribution >= 4 is 6.16 Å². The maximum atomic E-state index is 11.6. The molecule has 26 heavy (non-hydrogen) atoms. The summed E-state index contributed by atoms with van der Waals surface area (Å²) in [5.41, 5.74) is -0.0523. The largest absolute Gasteiger partial charge is 0.508 e. The van der Waals surface area contributed by atoms with E-state index in [1.165, 1.54) is 64.2 Å². The van der Waals surface area contributed by atoms with Gasteiger partial charge in [-0.3, -0.25) is 0 Å². The molecule has 1 unspecified atom stereocenters. The first-order valence-corrected chi connectivity index (χ1v) is 10.9. The molecule has 0 heterocycles. The molecule has 0 aromatic heterocycles. The predicted octanol–water partition coefficient (Wildman–Crippen LogP) is 7.83. The molecule has 0 amide bonds. The number of allylic oxidation sites excluding steroid dienone is 2. The van der Waals surface area contributed by atoms with E-state index >= 15 is 0 Å². The maximum Gasteiger partial charge on any atom is 0.508 e. The molecule has 0 aliphatic heterocycles. The fourth-order valence-electron chi connectivity index (χ4n) is 2.51. The smallest absolute Gasteiger partial charge is 0.434 e. The molecule has 154 valence electrons. The SMILES string of the molecule is CCCCCC/C=C/CCCCCCCCOC(=O)OC(C)C(C)(C)C. The molecule has 0 N–H and O–H groups in total. The van der Waals surface area contributed by atoms with E-state index < -0.39 is 6.16 Å². The van der Waals surface area contributed by atoms with Gasteiger partial charge in [0.1, 0.15) is 6.10 Å². The molecular weight excluding hydrogens is 324 g/mol. The molecule has 0 rings (SSSR count). The molecule has 0 saturated carbocycles. The molecule has 0 aromatic carbocycles. The number of rotatable bonds is 15. The van der Waals surface area contributed by atoms with E-state index in [0.717, 1.165) is 12.8 Å². The molecule has 0 bridgehead atoms. The third kappa shape index (κ3) is 16.5. The molecule has 3 heteroatoms. The summed E-state index contributed by atoms with van der Waals surface area (Å²) in [4.78, 5) is 11.6. The van der Waals surface area contributed by atoms with Gasteiger partial charge < -0.3 is 9.47 Å². The molecule has 0 radical (unpaired) electrons. The van der Waals surface area contributed by atoms with Crippen molar-refractivity contribution in [2.75, 3.05) is 6.61 Å². The highest BCUT2D eigenvalue weighted by molar-refractivity contribution is 5.60. The zero-order chi connectivity index (χ0) is 19.7. The Morgan fingerprint density at radius 2 is 1.35 bits per heavy atom. The Morgan fingerprint density at radius 3 is 1.88 bits per heavy atom. The van der Waals surface area contributed by atoms with Crippen LogP contribution in [0.2, 0.25) is 0 Å². The van der Waals surface area contributed by atoms with E-state index in [1.54, 1.807) is 0 Å². The van der Waals surface area contributed by atoms with Gasteiger partial charge in [-0.15, -0.1) is 0 Å². The zero-order valence-corrected chi connectivity index (χ0v) is 18.1. The van der Waals surface area contributed by atoms with Crippen LogP contribution in [-0.4, -0.2) is 18.9 Å². The minimum Gasteiger partial charge on any atom is -0.434 e. The molecule has 1 atom stereocenters. The van der Waals surface area contributed by atoms with Gasteiger partial charge in [0.15, 0.2) is 0 Å². The Balaban J connectivity index is 3.34. The van der Waals surface area contributed by atoms with E-state index in [2.05, 4.69) is 19.1 Å². The quantitative estimate of drug-likeness (QED) is 0.168. The number of unbranched alkanes of at least 4 members (excludes halogenated alkanes) is 10. The number of carbonyl (C=O) groups excluding carboxylic acids is 1. The Hall–Kier alpha value is -0.990. The monoisotopic (exact) mass is 368 g/mol. The first kappa shape index (κ1) is 25.0. The second-order valence-electron chi connectivity index (χ2n) is 8.46. The zero-order valence-electron chi connectivity index (χ0n) is 18.1. The highest BCUT2D eigenvalue weighted by Crippen LogP contribution is 2.22. The first-order valence-electron chi connectivity index (χ1n) is 10.9. The van der Waals surface area contributed by atoms with E-state index in [9.17, 15) is 4.79 Å². The molecular formula is C23H44O3. The number of hydrogen-bond donors (Lipinski definition) is 0. The summed E-state index contributed by atoms with van der Waals surface area (Å²) in [5, 5.41) is 0. The Labute approximate surface area is 162 Å². The number of hydrogen-bond acceptors (Lipinski definition) is 3. The molecule has 0 spiro atoms. The van der Waals surface area contributed by atoms with Crippen molar-refractivity contribution in [3.63, 3.8) is 0 Å². The van der Waals surface area contributed by atoms with Crippen LogP contribution in [0.5, 0.6) is 0 Å². The normalized spacial score (nSPS) is 13.1. The van der Waals surface area contributed by atoms with Crippen LogP contribution in [0.25, 0.3) is 0 Å². The summed E-state index contributed by atoms with van der Waals surface area (Å²) in [6.45, 7) is 10.8. The lowest BCUT2D eigenvalue weighted by Crippen LogP contribution is -2.29. The van der Waals surface area contributed by atoms with Crippen molar-refractivity contribution in [3.05, 3.63) is 12.2 Å². The van der Waals surface area contributed by atoms with Crippen molar-refractivity contribution in [1.82, 2.24) is 0 Å². The van der Waals surface area contributed by atoms with Crippen LogP contribution in [0.15, 0.2) is 12.2 Å². The predicted molar refractivity (Wildman–Crippen MR) is 112 cm³/mol. The minimum atomic E-state index is -0.533. The van der Waals surface area contributed by atoms with Gasteiger partial charge in [0.05, 0.1) is 6.61 Å². The van der Waals surface area contributed by atoms with Crippen molar-refractivity contribution in [3.8, 4) is 0 Å². The molecule has 0 aliphatic carbocycles. The van der Waals surface area contributed by atoms with Gasteiger partial charge >= 0.3 is 6.16 Å².